The van der Waals surface area contributed by atoms with Crippen molar-refractivity contribution in [2.45, 2.75) is 19.3 Å². The zero-order valence-electron chi connectivity index (χ0n) is 9.30. The highest BCUT2D eigenvalue weighted by atomic mass is 16.6. The molecule has 1 fully saturated rings. The van der Waals surface area contributed by atoms with Gasteiger partial charge in [0.15, 0.2) is 0 Å². The lowest BCUT2D eigenvalue weighted by Gasteiger charge is -2.28. The molecule has 0 aromatic carbocycles. The predicted molar refractivity (Wildman–Crippen MR) is 61.7 cm³/mol. The quantitative estimate of drug-likeness (QED) is 0.574. The Morgan fingerprint density at radius 1 is 1.41 bits per heavy atom. The molecule has 0 amide bonds. The van der Waals surface area contributed by atoms with E-state index in [4.69, 9.17) is 5.26 Å². The van der Waals surface area contributed by atoms with Gasteiger partial charge < -0.3 is 4.90 Å². The van der Waals surface area contributed by atoms with Crippen molar-refractivity contribution >= 4 is 11.5 Å². The van der Waals surface area contributed by atoms with E-state index >= 15 is 0 Å². The third-order valence-electron chi connectivity index (χ3n) is 2.84. The third-order valence-corrected chi connectivity index (χ3v) is 2.84. The molecule has 1 saturated heterocycles. The first kappa shape index (κ1) is 11.3. The molecular weight excluding hydrogens is 220 g/mol. The van der Waals surface area contributed by atoms with Crippen LogP contribution in [0, 0.1) is 21.4 Å². The topological polar surface area (TPSA) is 83.1 Å². The fourth-order valence-electron chi connectivity index (χ4n) is 1.99. The standard InChI is InChI=1S/C11H12N4O2/c12-7-9-6-10(15(16)17)8-13-11(9)14-4-2-1-3-5-14/h6,8H,1-5H2. The van der Waals surface area contributed by atoms with E-state index in [1.807, 2.05) is 11.0 Å². The number of hydrogen-bond acceptors (Lipinski definition) is 5. The van der Waals surface area contributed by atoms with Gasteiger partial charge in [0.05, 0.1) is 4.92 Å². The van der Waals surface area contributed by atoms with E-state index in [-0.39, 0.29) is 11.3 Å². The van der Waals surface area contributed by atoms with Crippen LogP contribution in [0.15, 0.2) is 12.3 Å². The van der Waals surface area contributed by atoms with E-state index in [9.17, 15) is 10.1 Å². The maximum absolute atomic E-state index is 10.6. The Labute approximate surface area is 98.6 Å². The molecule has 2 rings (SSSR count). The van der Waals surface area contributed by atoms with Crippen LogP contribution in [0.3, 0.4) is 0 Å². The van der Waals surface area contributed by atoms with Crippen LogP contribution in [-0.2, 0) is 0 Å². The minimum atomic E-state index is -0.534. The summed E-state index contributed by atoms with van der Waals surface area (Å²) in [6, 6.07) is 3.27. The Morgan fingerprint density at radius 2 is 2.12 bits per heavy atom. The normalized spacial score (nSPS) is 15.4. The number of hydrogen-bond donors (Lipinski definition) is 0. The number of aromatic nitrogens is 1. The maximum atomic E-state index is 10.6. The van der Waals surface area contributed by atoms with Gasteiger partial charge in [0, 0.05) is 19.2 Å². The van der Waals surface area contributed by atoms with Crippen LogP contribution in [0.1, 0.15) is 24.8 Å². The average molecular weight is 232 g/mol. The summed E-state index contributed by atoms with van der Waals surface area (Å²) in [5, 5.41) is 19.6. The summed E-state index contributed by atoms with van der Waals surface area (Å²) < 4.78 is 0. The highest BCUT2D eigenvalue weighted by molar-refractivity contribution is 5.57. The maximum Gasteiger partial charge on any atom is 0.289 e. The molecule has 88 valence electrons. The summed E-state index contributed by atoms with van der Waals surface area (Å²) in [6.07, 6.45) is 4.54. The number of rotatable bonds is 2. The van der Waals surface area contributed by atoms with Gasteiger partial charge in [0.2, 0.25) is 0 Å². The van der Waals surface area contributed by atoms with E-state index < -0.39 is 4.92 Å². The molecule has 0 bridgehead atoms. The van der Waals surface area contributed by atoms with Crippen LogP contribution in [0.4, 0.5) is 11.5 Å². The second-order valence-corrected chi connectivity index (χ2v) is 3.98. The third kappa shape index (κ3) is 2.33. The Kier molecular flexibility index (Phi) is 3.19. The van der Waals surface area contributed by atoms with Crippen LogP contribution in [0.25, 0.3) is 0 Å². The van der Waals surface area contributed by atoms with Gasteiger partial charge >= 0.3 is 0 Å². The van der Waals surface area contributed by atoms with E-state index in [0.717, 1.165) is 25.9 Å². The Balaban J connectivity index is 2.34. The Morgan fingerprint density at radius 3 is 2.71 bits per heavy atom. The fourth-order valence-corrected chi connectivity index (χ4v) is 1.99. The van der Waals surface area contributed by atoms with Crippen molar-refractivity contribution in [1.29, 1.82) is 5.26 Å². The smallest absolute Gasteiger partial charge is 0.289 e. The van der Waals surface area contributed by atoms with Crippen LogP contribution in [-0.4, -0.2) is 23.0 Å². The largest absolute Gasteiger partial charge is 0.356 e. The summed E-state index contributed by atoms with van der Waals surface area (Å²) in [5.74, 6) is 0.567. The minimum Gasteiger partial charge on any atom is -0.356 e. The van der Waals surface area contributed by atoms with Gasteiger partial charge in [0.1, 0.15) is 23.6 Å². The SMILES string of the molecule is N#Cc1cc([N+](=O)[O-])cnc1N1CCCCC1. The molecule has 6 nitrogen and oxygen atoms in total. The second kappa shape index (κ2) is 4.78. The van der Waals surface area contributed by atoms with Crippen molar-refractivity contribution in [3.8, 4) is 6.07 Å². The molecule has 1 aromatic heterocycles. The van der Waals surface area contributed by atoms with Crippen LogP contribution >= 0.6 is 0 Å². The zero-order valence-corrected chi connectivity index (χ0v) is 9.30. The minimum absolute atomic E-state index is 0.137. The highest BCUT2D eigenvalue weighted by Crippen LogP contribution is 2.24. The van der Waals surface area contributed by atoms with Crippen LogP contribution in [0.5, 0.6) is 0 Å². The van der Waals surface area contributed by atoms with Crippen molar-refractivity contribution in [1.82, 2.24) is 4.98 Å². The Bertz CT molecular complexity index is 475. The lowest BCUT2D eigenvalue weighted by atomic mass is 10.1. The molecular formula is C11H12N4O2. The van der Waals surface area contributed by atoms with Crippen molar-refractivity contribution < 1.29 is 4.92 Å². The summed E-state index contributed by atoms with van der Waals surface area (Å²) >= 11 is 0. The molecule has 1 aliphatic heterocycles. The molecule has 2 heterocycles. The van der Waals surface area contributed by atoms with Crippen molar-refractivity contribution in [2.75, 3.05) is 18.0 Å². The summed E-state index contributed by atoms with van der Waals surface area (Å²) in [4.78, 5) is 16.1. The zero-order chi connectivity index (χ0) is 12.3. The van der Waals surface area contributed by atoms with Crippen molar-refractivity contribution in [2.24, 2.45) is 0 Å². The van der Waals surface area contributed by atoms with E-state index in [1.165, 1.54) is 18.7 Å². The number of piperidine rings is 1. The molecule has 0 spiro atoms. The number of nitriles is 1. The number of nitrogens with zero attached hydrogens (tertiary/aromatic N) is 4. The predicted octanol–water partition coefficient (Wildman–Crippen LogP) is 1.85. The molecule has 0 radical (unpaired) electrons. The summed E-state index contributed by atoms with van der Waals surface area (Å²) in [6.45, 7) is 1.72. The highest BCUT2D eigenvalue weighted by Gasteiger charge is 2.18. The van der Waals surface area contributed by atoms with Gasteiger partial charge in [-0.2, -0.15) is 5.26 Å². The first-order valence-electron chi connectivity index (χ1n) is 5.52. The van der Waals surface area contributed by atoms with E-state index in [2.05, 4.69) is 4.98 Å². The molecule has 0 unspecified atom stereocenters. The molecule has 1 aliphatic rings. The van der Waals surface area contributed by atoms with Crippen LogP contribution < -0.4 is 4.90 Å². The van der Waals surface area contributed by atoms with Crippen LogP contribution in [0.2, 0.25) is 0 Å². The van der Waals surface area contributed by atoms with Gasteiger partial charge in [-0.1, -0.05) is 0 Å². The fraction of sp³-hybridized carbons (Fsp3) is 0.455. The molecule has 0 aliphatic carbocycles. The van der Waals surface area contributed by atoms with E-state index in [1.54, 1.807) is 0 Å². The number of nitro groups is 1. The van der Waals surface area contributed by atoms with Gasteiger partial charge in [-0.3, -0.25) is 10.1 Å². The molecule has 0 saturated carbocycles. The average Bonchev–Trinajstić information content (AvgIpc) is 2.39. The number of pyridine rings is 1. The second-order valence-electron chi connectivity index (χ2n) is 3.98. The lowest BCUT2D eigenvalue weighted by molar-refractivity contribution is -0.385. The molecule has 6 heteroatoms. The Hall–Kier alpha value is -2.16. The van der Waals surface area contributed by atoms with Crippen molar-refractivity contribution in [3.63, 3.8) is 0 Å². The number of anilines is 1. The molecule has 17 heavy (non-hydrogen) atoms. The van der Waals surface area contributed by atoms with Gasteiger partial charge in [0.25, 0.3) is 5.69 Å². The lowest BCUT2D eigenvalue weighted by Crippen LogP contribution is -2.30. The van der Waals surface area contributed by atoms with Gasteiger partial charge in [-0.15, -0.1) is 0 Å². The molecule has 1 aromatic rings. The molecule has 0 atom stereocenters. The summed E-state index contributed by atoms with van der Waals surface area (Å²) in [7, 11) is 0. The van der Waals surface area contributed by atoms with Gasteiger partial charge in [-0.05, 0) is 19.3 Å². The molecule has 0 N–H and O–H groups in total. The van der Waals surface area contributed by atoms with Crippen molar-refractivity contribution in [3.05, 3.63) is 27.9 Å². The monoisotopic (exact) mass is 232 g/mol. The first-order chi connectivity index (χ1) is 8.22. The first-order valence-corrected chi connectivity index (χ1v) is 5.52. The van der Waals surface area contributed by atoms with E-state index in [0.29, 0.717) is 5.82 Å². The van der Waals surface area contributed by atoms with Gasteiger partial charge in [-0.25, -0.2) is 4.98 Å². The summed E-state index contributed by atoms with van der Waals surface area (Å²) in [5.41, 5.74) is 0.142.